The molecule has 0 radical (unpaired) electrons. The monoisotopic (exact) mass is 335 g/mol. The topological polar surface area (TPSA) is 56.1 Å². The summed E-state index contributed by atoms with van der Waals surface area (Å²) in [6.45, 7) is 3.55. The Morgan fingerprint density at radius 2 is 2.40 bits per heavy atom. The van der Waals surface area contributed by atoms with Crippen LogP contribution in [0, 0.1) is 11.3 Å². The molecule has 1 atom stereocenters. The van der Waals surface area contributed by atoms with Crippen molar-refractivity contribution in [2.45, 2.75) is 32.2 Å². The van der Waals surface area contributed by atoms with E-state index in [9.17, 15) is 10.1 Å². The van der Waals surface area contributed by atoms with Crippen molar-refractivity contribution in [3.63, 3.8) is 0 Å². The van der Waals surface area contributed by atoms with Gasteiger partial charge in [-0.25, -0.2) is 0 Å². The Labute approximate surface area is 127 Å². The fourth-order valence-electron chi connectivity index (χ4n) is 2.52. The molecule has 1 aromatic carbocycles. The number of nitriles is 1. The quantitative estimate of drug-likeness (QED) is 0.923. The Kier molecular flexibility index (Phi) is 5.02. The average Bonchev–Trinajstić information content (AvgIpc) is 2.47. The van der Waals surface area contributed by atoms with Crippen molar-refractivity contribution in [1.82, 2.24) is 5.32 Å². The summed E-state index contributed by atoms with van der Waals surface area (Å²) < 4.78 is 0.908. The number of amides is 1. The van der Waals surface area contributed by atoms with E-state index in [2.05, 4.69) is 32.2 Å². The lowest BCUT2D eigenvalue weighted by atomic mass is 10.0. The minimum atomic E-state index is 0.0909. The van der Waals surface area contributed by atoms with Crippen LogP contribution in [0.1, 0.15) is 31.7 Å². The zero-order valence-electron chi connectivity index (χ0n) is 11.5. The lowest BCUT2D eigenvalue weighted by Crippen LogP contribution is -2.47. The summed E-state index contributed by atoms with van der Waals surface area (Å²) in [7, 11) is 0. The highest BCUT2D eigenvalue weighted by Crippen LogP contribution is 2.26. The van der Waals surface area contributed by atoms with E-state index < -0.39 is 0 Å². The highest BCUT2D eigenvalue weighted by molar-refractivity contribution is 9.10. The Morgan fingerprint density at radius 1 is 1.60 bits per heavy atom. The van der Waals surface area contributed by atoms with Gasteiger partial charge < -0.3 is 10.2 Å². The van der Waals surface area contributed by atoms with Gasteiger partial charge in [-0.2, -0.15) is 5.26 Å². The van der Waals surface area contributed by atoms with Crippen molar-refractivity contribution < 1.29 is 4.79 Å². The van der Waals surface area contributed by atoms with Gasteiger partial charge >= 0.3 is 0 Å². The lowest BCUT2D eigenvalue weighted by Gasteiger charge is -2.35. The molecule has 0 saturated carbocycles. The fraction of sp³-hybridized carbons (Fsp3) is 0.467. The first-order valence-corrected chi connectivity index (χ1v) is 7.67. The van der Waals surface area contributed by atoms with E-state index in [0.29, 0.717) is 12.0 Å². The molecule has 106 valence electrons. The minimum Gasteiger partial charge on any atom is -0.368 e. The summed E-state index contributed by atoms with van der Waals surface area (Å²) in [5.74, 6) is 0.0909. The Hall–Kier alpha value is -1.54. The second-order valence-electron chi connectivity index (χ2n) is 4.98. The van der Waals surface area contributed by atoms with E-state index in [0.717, 1.165) is 36.1 Å². The maximum atomic E-state index is 11.5. The van der Waals surface area contributed by atoms with E-state index in [1.807, 2.05) is 25.1 Å². The van der Waals surface area contributed by atoms with Gasteiger partial charge in [-0.15, -0.1) is 0 Å². The number of anilines is 1. The predicted molar refractivity (Wildman–Crippen MR) is 82.5 cm³/mol. The summed E-state index contributed by atoms with van der Waals surface area (Å²) in [5.41, 5.74) is 1.62. The number of nitrogens with one attached hydrogen (secondary N) is 1. The van der Waals surface area contributed by atoms with Gasteiger partial charge in [0.25, 0.3) is 0 Å². The molecule has 1 heterocycles. The van der Waals surface area contributed by atoms with Crippen LogP contribution in [-0.4, -0.2) is 25.0 Å². The van der Waals surface area contributed by atoms with Crippen molar-refractivity contribution in [2.75, 3.05) is 18.0 Å². The Bertz CT molecular complexity index is 538. The number of nitrogens with zero attached hydrogens (tertiary/aromatic N) is 2. The molecule has 1 saturated heterocycles. The number of carbonyl (C=O) groups is 1. The normalized spacial score (nSPS) is 18.4. The maximum Gasteiger partial charge on any atom is 0.219 e. The molecule has 1 amide bonds. The SMILES string of the molecule is CCC(=O)NC1CCCN(c2ccc(Br)cc2C#N)C1. The molecular formula is C15H18BrN3O. The number of benzene rings is 1. The van der Waals surface area contributed by atoms with Crippen molar-refractivity contribution in [3.8, 4) is 6.07 Å². The first kappa shape index (κ1) is 14.9. The van der Waals surface area contributed by atoms with Gasteiger partial charge in [0, 0.05) is 30.0 Å². The summed E-state index contributed by atoms with van der Waals surface area (Å²) >= 11 is 3.39. The summed E-state index contributed by atoms with van der Waals surface area (Å²) in [4.78, 5) is 13.7. The van der Waals surface area contributed by atoms with Crippen molar-refractivity contribution in [3.05, 3.63) is 28.2 Å². The number of rotatable bonds is 3. The van der Waals surface area contributed by atoms with Crippen LogP contribution in [0.3, 0.4) is 0 Å². The summed E-state index contributed by atoms with van der Waals surface area (Å²) in [6, 6.07) is 8.16. The largest absolute Gasteiger partial charge is 0.368 e. The molecule has 2 rings (SSSR count). The molecule has 4 nitrogen and oxygen atoms in total. The van der Waals surface area contributed by atoms with Crippen LogP contribution in [0.5, 0.6) is 0 Å². The Morgan fingerprint density at radius 3 is 3.10 bits per heavy atom. The molecule has 1 unspecified atom stereocenters. The van der Waals surface area contributed by atoms with Crippen LogP contribution in [0.25, 0.3) is 0 Å². The molecule has 1 fully saturated rings. The van der Waals surface area contributed by atoms with E-state index in [1.165, 1.54) is 0 Å². The second-order valence-corrected chi connectivity index (χ2v) is 5.90. The molecule has 1 aromatic rings. The number of piperidine rings is 1. The van der Waals surface area contributed by atoms with Crippen molar-refractivity contribution >= 4 is 27.5 Å². The summed E-state index contributed by atoms with van der Waals surface area (Å²) in [5, 5.41) is 12.3. The molecular weight excluding hydrogens is 318 g/mol. The van der Waals surface area contributed by atoms with Crippen LogP contribution >= 0.6 is 15.9 Å². The van der Waals surface area contributed by atoms with Gasteiger partial charge in [0.1, 0.15) is 6.07 Å². The molecule has 0 aliphatic carbocycles. The average molecular weight is 336 g/mol. The van der Waals surface area contributed by atoms with Crippen molar-refractivity contribution in [1.29, 1.82) is 5.26 Å². The number of hydrogen-bond acceptors (Lipinski definition) is 3. The minimum absolute atomic E-state index is 0.0909. The molecule has 20 heavy (non-hydrogen) atoms. The molecule has 0 spiro atoms. The lowest BCUT2D eigenvalue weighted by molar-refractivity contribution is -0.121. The van der Waals surface area contributed by atoms with Crippen LogP contribution in [0.15, 0.2) is 22.7 Å². The highest BCUT2D eigenvalue weighted by atomic mass is 79.9. The molecule has 1 aliphatic heterocycles. The number of halogens is 1. The third-order valence-electron chi connectivity index (χ3n) is 3.53. The van der Waals surface area contributed by atoms with E-state index in [4.69, 9.17) is 0 Å². The zero-order chi connectivity index (χ0) is 14.5. The first-order valence-electron chi connectivity index (χ1n) is 6.88. The first-order chi connectivity index (χ1) is 9.63. The third kappa shape index (κ3) is 3.51. The molecule has 0 aromatic heterocycles. The van der Waals surface area contributed by atoms with Crippen LogP contribution in [-0.2, 0) is 4.79 Å². The second kappa shape index (κ2) is 6.76. The molecule has 5 heteroatoms. The third-order valence-corrected chi connectivity index (χ3v) is 4.02. The van der Waals surface area contributed by atoms with Gasteiger partial charge in [0.05, 0.1) is 11.3 Å². The van der Waals surface area contributed by atoms with Gasteiger partial charge in [-0.3, -0.25) is 4.79 Å². The molecule has 1 N–H and O–H groups in total. The summed E-state index contributed by atoms with van der Waals surface area (Å²) in [6.07, 6.45) is 2.54. The van der Waals surface area contributed by atoms with Crippen LogP contribution in [0.2, 0.25) is 0 Å². The zero-order valence-corrected chi connectivity index (χ0v) is 13.1. The van der Waals surface area contributed by atoms with E-state index in [-0.39, 0.29) is 11.9 Å². The van der Waals surface area contributed by atoms with Crippen LogP contribution < -0.4 is 10.2 Å². The highest BCUT2D eigenvalue weighted by Gasteiger charge is 2.22. The van der Waals surface area contributed by atoms with Crippen LogP contribution in [0.4, 0.5) is 5.69 Å². The van der Waals surface area contributed by atoms with Gasteiger partial charge in [-0.05, 0) is 31.0 Å². The molecule has 1 aliphatic rings. The number of hydrogen-bond donors (Lipinski definition) is 1. The van der Waals surface area contributed by atoms with Gasteiger partial charge in [-0.1, -0.05) is 22.9 Å². The Balaban J connectivity index is 2.13. The maximum absolute atomic E-state index is 11.5. The van der Waals surface area contributed by atoms with E-state index in [1.54, 1.807) is 0 Å². The predicted octanol–water partition coefficient (Wildman–Crippen LogP) is 2.82. The fourth-order valence-corrected chi connectivity index (χ4v) is 2.88. The number of carbonyl (C=O) groups excluding carboxylic acids is 1. The van der Waals surface area contributed by atoms with Gasteiger partial charge in [0.2, 0.25) is 5.91 Å². The van der Waals surface area contributed by atoms with Crippen molar-refractivity contribution in [2.24, 2.45) is 0 Å². The van der Waals surface area contributed by atoms with E-state index >= 15 is 0 Å². The standard InChI is InChI=1S/C15H18BrN3O/c1-2-15(20)18-13-4-3-7-19(10-13)14-6-5-12(16)8-11(14)9-17/h5-6,8,13H,2-4,7,10H2,1H3,(H,18,20). The smallest absolute Gasteiger partial charge is 0.219 e. The van der Waals surface area contributed by atoms with Gasteiger partial charge in [0.15, 0.2) is 0 Å². The molecule has 0 bridgehead atoms.